The summed E-state index contributed by atoms with van der Waals surface area (Å²) in [4.78, 5) is 0.633. The minimum Gasteiger partial charge on any atom is -0.378 e. The van der Waals surface area contributed by atoms with Crippen LogP contribution in [0, 0.1) is 5.82 Å². The molecule has 0 amide bonds. The summed E-state index contributed by atoms with van der Waals surface area (Å²) in [5, 5.41) is 11.9. The molecule has 0 unspecified atom stereocenters. The summed E-state index contributed by atoms with van der Waals surface area (Å²) in [7, 11) is 0. The highest BCUT2D eigenvalue weighted by Gasteiger charge is 2.29. The third kappa shape index (κ3) is 4.67. The van der Waals surface area contributed by atoms with Gasteiger partial charge in [0.25, 0.3) is 0 Å². The van der Waals surface area contributed by atoms with E-state index in [1.165, 1.54) is 17.7 Å². The predicted molar refractivity (Wildman–Crippen MR) is 155 cm³/mol. The van der Waals surface area contributed by atoms with Gasteiger partial charge in [-0.2, -0.15) is 5.10 Å². The van der Waals surface area contributed by atoms with Crippen LogP contribution in [0.1, 0.15) is 29.9 Å². The molecule has 1 aliphatic rings. The van der Waals surface area contributed by atoms with Crippen LogP contribution < -0.4 is 10.6 Å². The number of halogens is 2. The first kappa shape index (κ1) is 23.9. The van der Waals surface area contributed by atoms with Gasteiger partial charge >= 0.3 is 0 Å². The zero-order chi connectivity index (χ0) is 25.4. The van der Waals surface area contributed by atoms with E-state index in [0.717, 1.165) is 69.9 Å². The molecule has 0 aliphatic carbocycles. The van der Waals surface area contributed by atoms with Gasteiger partial charge in [-0.25, -0.2) is 8.91 Å². The normalized spacial score (nSPS) is 12.9. The van der Waals surface area contributed by atoms with Gasteiger partial charge in [-0.1, -0.05) is 58.5 Å². The summed E-state index contributed by atoms with van der Waals surface area (Å²) in [6.07, 6.45) is 3.12. The molecule has 1 aliphatic heterocycles. The lowest BCUT2D eigenvalue weighted by atomic mass is 9.98. The van der Waals surface area contributed by atoms with Crippen LogP contribution in [0.4, 0.5) is 15.8 Å². The van der Waals surface area contributed by atoms with Crippen molar-refractivity contribution in [2.24, 2.45) is 0 Å². The number of nitrogens with one attached hydrogen (secondary N) is 2. The molecule has 6 rings (SSSR count). The number of thiocarbonyl (C=S) groups is 1. The third-order valence-electron chi connectivity index (χ3n) is 6.74. The monoisotopic (exact) mass is 573 g/mol. The van der Waals surface area contributed by atoms with Crippen molar-refractivity contribution < 1.29 is 4.39 Å². The molecule has 0 radical (unpaired) electrons. The molecule has 0 fully saturated rings. The van der Waals surface area contributed by atoms with E-state index < -0.39 is 0 Å². The molecule has 0 spiro atoms. The number of para-hydroxylation sites is 1. The smallest absolute Gasteiger partial charge is 0.150 e. The molecule has 3 heterocycles. The molecular formula is C29H25BrFN5S. The lowest BCUT2D eigenvalue weighted by Gasteiger charge is -2.12. The Morgan fingerprint density at radius 1 is 0.946 bits per heavy atom. The van der Waals surface area contributed by atoms with E-state index in [1.807, 2.05) is 34.8 Å². The summed E-state index contributed by atoms with van der Waals surface area (Å²) in [6.45, 7) is 1.41. The highest BCUT2D eigenvalue weighted by atomic mass is 79.9. The Bertz CT molecular complexity index is 1570. The molecule has 5 aromatic rings. The molecule has 0 atom stereocenters. The number of aryl methyl sites for hydroxylation is 2. The van der Waals surface area contributed by atoms with E-state index in [0.29, 0.717) is 11.5 Å². The topological polar surface area (TPSA) is 46.3 Å². The standard InChI is InChI=1S/C29H25BrFN5S/c30-20-11-9-19(10-12-20)26-24-8-4-5-17-35-25(18-32-22-15-13-21(31)14-16-22)34-36(29(24)35)27(26)28(37)33-23-6-2-1-3-7-23/h1-3,6-7,9-16,32H,4-5,8,17-18H2,(H,33,37). The van der Waals surface area contributed by atoms with E-state index in [9.17, 15) is 4.39 Å². The molecule has 0 saturated carbocycles. The van der Waals surface area contributed by atoms with Crippen LogP contribution >= 0.6 is 28.1 Å². The molecule has 37 heavy (non-hydrogen) atoms. The summed E-state index contributed by atoms with van der Waals surface area (Å²) in [5.74, 6) is 0.676. The maximum absolute atomic E-state index is 13.4. The number of anilines is 2. The van der Waals surface area contributed by atoms with E-state index in [2.05, 4.69) is 55.4 Å². The Morgan fingerprint density at radius 2 is 1.70 bits per heavy atom. The molecule has 0 bridgehead atoms. The zero-order valence-electron chi connectivity index (χ0n) is 20.0. The van der Waals surface area contributed by atoms with Crippen LogP contribution in [0.2, 0.25) is 0 Å². The van der Waals surface area contributed by atoms with Crippen LogP contribution in [0.25, 0.3) is 16.8 Å². The van der Waals surface area contributed by atoms with Gasteiger partial charge in [-0.3, -0.25) is 0 Å². The molecule has 2 aromatic heterocycles. The molecule has 8 heteroatoms. The Kier molecular flexibility index (Phi) is 6.52. The molecule has 2 N–H and O–H groups in total. The first-order valence-corrected chi connectivity index (χ1v) is 13.5. The average molecular weight is 575 g/mol. The van der Waals surface area contributed by atoms with E-state index in [-0.39, 0.29) is 5.82 Å². The second-order valence-corrected chi connectivity index (χ2v) is 10.5. The Balaban J connectivity index is 1.49. The molecular weight excluding hydrogens is 549 g/mol. The highest BCUT2D eigenvalue weighted by molar-refractivity contribution is 9.10. The summed E-state index contributed by atoms with van der Waals surface area (Å²) < 4.78 is 18.7. The first-order valence-electron chi connectivity index (χ1n) is 12.3. The quantitative estimate of drug-likeness (QED) is 0.207. The van der Waals surface area contributed by atoms with Gasteiger partial charge in [0.15, 0.2) is 5.82 Å². The fourth-order valence-corrected chi connectivity index (χ4v) is 5.60. The maximum Gasteiger partial charge on any atom is 0.150 e. The van der Waals surface area contributed by atoms with Gasteiger partial charge in [-0.15, -0.1) is 0 Å². The lowest BCUT2D eigenvalue weighted by molar-refractivity contribution is 0.618. The number of benzene rings is 3. The van der Waals surface area contributed by atoms with Gasteiger partial charge in [0.05, 0.1) is 6.54 Å². The van der Waals surface area contributed by atoms with E-state index in [1.54, 1.807) is 12.1 Å². The van der Waals surface area contributed by atoms with Gasteiger partial charge < -0.3 is 15.2 Å². The third-order valence-corrected chi connectivity index (χ3v) is 7.56. The van der Waals surface area contributed by atoms with Crippen molar-refractivity contribution in [3.8, 4) is 11.1 Å². The highest BCUT2D eigenvalue weighted by Crippen LogP contribution is 2.37. The summed E-state index contributed by atoms with van der Waals surface area (Å²) in [6, 6.07) is 24.8. The zero-order valence-corrected chi connectivity index (χ0v) is 22.4. The summed E-state index contributed by atoms with van der Waals surface area (Å²) in [5.41, 5.74) is 7.32. The van der Waals surface area contributed by atoms with Crippen LogP contribution in [0.3, 0.4) is 0 Å². The minimum absolute atomic E-state index is 0.249. The number of hydrogen-bond donors (Lipinski definition) is 2. The van der Waals surface area contributed by atoms with E-state index >= 15 is 0 Å². The van der Waals surface area contributed by atoms with Gasteiger partial charge in [0, 0.05) is 33.5 Å². The van der Waals surface area contributed by atoms with Crippen LogP contribution in [-0.4, -0.2) is 19.2 Å². The Morgan fingerprint density at radius 3 is 2.46 bits per heavy atom. The van der Waals surface area contributed by atoms with Gasteiger partial charge in [0.2, 0.25) is 0 Å². The van der Waals surface area contributed by atoms with Crippen molar-refractivity contribution in [3.05, 3.63) is 106 Å². The number of aromatic nitrogens is 3. The van der Waals surface area contributed by atoms with Crippen molar-refractivity contribution in [1.29, 1.82) is 0 Å². The SMILES string of the molecule is Fc1ccc(NCc2nn3c(C(=S)Nc4ccccc4)c(-c4ccc(Br)cc4)c4c3n2CCCC4)cc1. The van der Waals surface area contributed by atoms with Gasteiger partial charge in [-0.05, 0) is 73.4 Å². The Hall–Kier alpha value is -3.49. The fourth-order valence-electron chi connectivity index (χ4n) is 5.03. The second kappa shape index (κ2) is 10.1. The molecule has 186 valence electrons. The van der Waals surface area contributed by atoms with Crippen LogP contribution in [0.15, 0.2) is 83.3 Å². The fraction of sp³-hybridized carbons (Fsp3) is 0.172. The molecule has 0 saturated heterocycles. The van der Waals surface area contributed by atoms with Crippen LogP contribution in [0.5, 0.6) is 0 Å². The lowest BCUT2D eigenvalue weighted by Crippen LogP contribution is -2.15. The predicted octanol–water partition coefficient (Wildman–Crippen LogP) is 7.44. The summed E-state index contributed by atoms with van der Waals surface area (Å²) >= 11 is 9.59. The largest absolute Gasteiger partial charge is 0.378 e. The van der Waals surface area contributed by atoms with Crippen molar-refractivity contribution in [3.63, 3.8) is 0 Å². The average Bonchev–Trinajstić information content (AvgIpc) is 3.31. The van der Waals surface area contributed by atoms with Crippen molar-refractivity contribution >= 4 is 50.2 Å². The molecule has 5 nitrogen and oxygen atoms in total. The number of nitrogens with zero attached hydrogens (tertiary/aromatic N) is 3. The van der Waals surface area contributed by atoms with Gasteiger partial charge in [0.1, 0.15) is 22.1 Å². The number of rotatable bonds is 6. The Labute approximate surface area is 228 Å². The first-order chi connectivity index (χ1) is 18.1. The van der Waals surface area contributed by atoms with E-state index in [4.69, 9.17) is 17.3 Å². The number of hydrogen-bond acceptors (Lipinski definition) is 3. The van der Waals surface area contributed by atoms with Crippen LogP contribution in [-0.2, 0) is 19.5 Å². The van der Waals surface area contributed by atoms with Crippen molar-refractivity contribution in [2.45, 2.75) is 32.4 Å². The maximum atomic E-state index is 13.4. The minimum atomic E-state index is -0.249. The molecule has 3 aromatic carbocycles. The van der Waals surface area contributed by atoms with Crippen molar-refractivity contribution in [1.82, 2.24) is 14.2 Å². The van der Waals surface area contributed by atoms with Crippen molar-refractivity contribution in [2.75, 3.05) is 10.6 Å². The second-order valence-electron chi connectivity index (χ2n) is 9.15.